The third-order valence-electron chi connectivity index (χ3n) is 2.29. The molecule has 0 saturated heterocycles. The zero-order valence-corrected chi connectivity index (χ0v) is 8.26. The van der Waals surface area contributed by atoms with Gasteiger partial charge in [0.15, 0.2) is 5.82 Å². The van der Waals surface area contributed by atoms with Crippen LogP contribution < -0.4 is 0 Å². The predicted octanol–water partition coefficient (Wildman–Crippen LogP) is 1.34. The van der Waals surface area contributed by atoms with Crippen LogP contribution >= 0.6 is 0 Å². The van der Waals surface area contributed by atoms with Crippen LogP contribution in [0.15, 0.2) is 30.9 Å². The van der Waals surface area contributed by atoms with Gasteiger partial charge >= 0.3 is 0 Å². The summed E-state index contributed by atoms with van der Waals surface area (Å²) in [6, 6.07) is 4.83. The molecule has 0 amide bonds. The molecule has 0 radical (unpaired) electrons. The number of hydrogen-bond donors (Lipinski definition) is 1. The summed E-state index contributed by atoms with van der Waals surface area (Å²) in [6.07, 6.45) is 3.03. The molecule has 6 heteroatoms. The van der Waals surface area contributed by atoms with Crippen molar-refractivity contribution in [2.75, 3.05) is 0 Å². The molecule has 0 aliphatic heterocycles. The van der Waals surface area contributed by atoms with Crippen LogP contribution in [-0.4, -0.2) is 24.7 Å². The van der Waals surface area contributed by atoms with Gasteiger partial charge < -0.3 is 4.98 Å². The molecule has 1 N–H and O–H groups in total. The zero-order chi connectivity index (χ0) is 11.0. The maximum atomic E-state index is 13.4. The second-order valence-electron chi connectivity index (χ2n) is 3.41. The van der Waals surface area contributed by atoms with Crippen LogP contribution in [0, 0.1) is 5.82 Å². The lowest BCUT2D eigenvalue weighted by Gasteiger charge is -1.94. The highest BCUT2D eigenvalue weighted by atomic mass is 19.1. The van der Waals surface area contributed by atoms with Crippen LogP contribution in [0.4, 0.5) is 4.39 Å². The van der Waals surface area contributed by atoms with E-state index in [0.29, 0.717) is 23.4 Å². The second kappa shape index (κ2) is 3.41. The fourth-order valence-corrected chi connectivity index (χ4v) is 1.59. The number of halogens is 1. The Bertz CT molecular complexity index is 613. The number of rotatable bonds is 2. The van der Waals surface area contributed by atoms with Crippen molar-refractivity contribution in [2.24, 2.45) is 0 Å². The SMILES string of the molecule is Fc1cccc2[nH]c(Cn3cncn3)nc12. The van der Waals surface area contributed by atoms with Gasteiger partial charge in [-0.25, -0.2) is 19.0 Å². The summed E-state index contributed by atoms with van der Waals surface area (Å²) in [7, 11) is 0. The summed E-state index contributed by atoms with van der Waals surface area (Å²) < 4.78 is 15.0. The predicted molar refractivity (Wildman–Crippen MR) is 55.2 cm³/mol. The first-order chi connectivity index (χ1) is 7.83. The van der Waals surface area contributed by atoms with E-state index in [1.165, 1.54) is 12.4 Å². The number of aromatic nitrogens is 5. The van der Waals surface area contributed by atoms with Gasteiger partial charge in [0.1, 0.15) is 30.5 Å². The second-order valence-corrected chi connectivity index (χ2v) is 3.41. The molecule has 2 aromatic heterocycles. The van der Waals surface area contributed by atoms with Gasteiger partial charge in [-0.1, -0.05) is 6.07 Å². The molecule has 0 atom stereocenters. The third-order valence-corrected chi connectivity index (χ3v) is 2.29. The Morgan fingerprint density at radius 1 is 1.38 bits per heavy atom. The summed E-state index contributed by atoms with van der Waals surface area (Å²) in [5.74, 6) is 0.337. The molecule has 16 heavy (non-hydrogen) atoms. The van der Waals surface area contributed by atoms with Gasteiger partial charge in [-0.15, -0.1) is 0 Å². The van der Waals surface area contributed by atoms with Crippen LogP contribution in [0.3, 0.4) is 0 Å². The van der Waals surface area contributed by atoms with Crippen LogP contribution in [0.5, 0.6) is 0 Å². The molecular formula is C10H8FN5. The lowest BCUT2D eigenvalue weighted by molar-refractivity contribution is 0.634. The molecule has 3 aromatic rings. The van der Waals surface area contributed by atoms with E-state index in [0.717, 1.165) is 0 Å². The Labute approximate surface area is 90.0 Å². The summed E-state index contributed by atoms with van der Waals surface area (Å²) in [6.45, 7) is 0.452. The van der Waals surface area contributed by atoms with Crippen LogP contribution in [0.25, 0.3) is 11.0 Å². The van der Waals surface area contributed by atoms with Crippen molar-refractivity contribution in [1.82, 2.24) is 24.7 Å². The first-order valence-electron chi connectivity index (χ1n) is 4.78. The quantitative estimate of drug-likeness (QED) is 0.704. The number of nitrogens with one attached hydrogen (secondary N) is 1. The highest BCUT2D eigenvalue weighted by molar-refractivity contribution is 5.75. The third kappa shape index (κ3) is 1.44. The Morgan fingerprint density at radius 3 is 3.06 bits per heavy atom. The molecule has 0 spiro atoms. The molecular weight excluding hydrogens is 209 g/mol. The van der Waals surface area contributed by atoms with Crippen molar-refractivity contribution in [2.45, 2.75) is 6.54 Å². The van der Waals surface area contributed by atoms with Gasteiger partial charge in [0, 0.05) is 0 Å². The van der Waals surface area contributed by atoms with Gasteiger partial charge in [0.2, 0.25) is 0 Å². The van der Waals surface area contributed by atoms with Gasteiger partial charge in [0.05, 0.1) is 5.52 Å². The number of benzene rings is 1. The van der Waals surface area contributed by atoms with Crippen LogP contribution in [-0.2, 0) is 6.54 Å². The van der Waals surface area contributed by atoms with Gasteiger partial charge in [0.25, 0.3) is 0 Å². The van der Waals surface area contributed by atoms with Crippen molar-refractivity contribution in [3.63, 3.8) is 0 Å². The van der Waals surface area contributed by atoms with E-state index in [2.05, 4.69) is 20.1 Å². The molecule has 1 aromatic carbocycles. The Hall–Kier alpha value is -2.24. The van der Waals surface area contributed by atoms with Crippen molar-refractivity contribution in [3.8, 4) is 0 Å². The summed E-state index contributed by atoms with van der Waals surface area (Å²) in [4.78, 5) is 11.0. The molecule has 5 nitrogen and oxygen atoms in total. The Morgan fingerprint density at radius 2 is 2.31 bits per heavy atom. The van der Waals surface area contributed by atoms with Gasteiger partial charge in [-0.2, -0.15) is 5.10 Å². The minimum Gasteiger partial charge on any atom is -0.340 e. The number of hydrogen-bond acceptors (Lipinski definition) is 3. The van der Waals surface area contributed by atoms with Crippen molar-refractivity contribution >= 4 is 11.0 Å². The van der Waals surface area contributed by atoms with Gasteiger partial charge in [-0.3, -0.25) is 0 Å². The van der Waals surface area contributed by atoms with Crippen LogP contribution in [0.1, 0.15) is 5.82 Å². The summed E-state index contributed by atoms with van der Waals surface area (Å²) >= 11 is 0. The smallest absolute Gasteiger partial charge is 0.151 e. The fraction of sp³-hybridized carbons (Fsp3) is 0.100. The van der Waals surface area contributed by atoms with Crippen molar-refractivity contribution < 1.29 is 4.39 Å². The largest absolute Gasteiger partial charge is 0.340 e. The highest BCUT2D eigenvalue weighted by Gasteiger charge is 2.07. The standard InChI is InChI=1S/C10H8FN5/c11-7-2-1-3-8-10(7)15-9(14-8)4-16-6-12-5-13-16/h1-3,5-6H,4H2,(H,14,15). The molecule has 2 heterocycles. The fourth-order valence-electron chi connectivity index (χ4n) is 1.59. The number of para-hydroxylation sites is 1. The molecule has 0 fully saturated rings. The van der Waals surface area contributed by atoms with E-state index in [-0.39, 0.29) is 5.82 Å². The van der Waals surface area contributed by atoms with E-state index >= 15 is 0 Å². The number of fused-ring (bicyclic) bond motifs is 1. The Kier molecular flexibility index (Phi) is 1.92. The molecule has 80 valence electrons. The average Bonchev–Trinajstić information content (AvgIpc) is 2.88. The number of aromatic amines is 1. The van der Waals surface area contributed by atoms with Crippen molar-refractivity contribution in [1.29, 1.82) is 0 Å². The van der Waals surface area contributed by atoms with E-state index in [1.54, 1.807) is 23.1 Å². The maximum absolute atomic E-state index is 13.4. The zero-order valence-electron chi connectivity index (χ0n) is 8.26. The Balaban J connectivity index is 2.02. The average molecular weight is 217 g/mol. The molecule has 0 unspecified atom stereocenters. The lowest BCUT2D eigenvalue weighted by atomic mass is 10.3. The molecule has 0 bridgehead atoms. The van der Waals surface area contributed by atoms with Gasteiger partial charge in [-0.05, 0) is 12.1 Å². The molecule has 0 aliphatic rings. The highest BCUT2D eigenvalue weighted by Crippen LogP contribution is 2.14. The van der Waals surface area contributed by atoms with E-state index < -0.39 is 0 Å². The van der Waals surface area contributed by atoms with E-state index in [4.69, 9.17) is 0 Å². The number of H-pyrrole nitrogens is 1. The first kappa shape index (κ1) is 9.02. The number of nitrogens with zero attached hydrogens (tertiary/aromatic N) is 4. The first-order valence-corrected chi connectivity index (χ1v) is 4.78. The molecule has 0 aliphatic carbocycles. The topological polar surface area (TPSA) is 59.4 Å². The molecule has 3 rings (SSSR count). The maximum Gasteiger partial charge on any atom is 0.151 e. The van der Waals surface area contributed by atoms with Crippen LogP contribution in [0.2, 0.25) is 0 Å². The lowest BCUT2D eigenvalue weighted by Crippen LogP contribution is -2.01. The minimum absolute atomic E-state index is 0.321. The summed E-state index contributed by atoms with van der Waals surface area (Å²) in [5, 5.41) is 3.96. The van der Waals surface area contributed by atoms with E-state index in [1.807, 2.05) is 0 Å². The minimum atomic E-state index is -0.321. The van der Waals surface area contributed by atoms with Crippen molar-refractivity contribution in [3.05, 3.63) is 42.5 Å². The normalized spacial score (nSPS) is 11.1. The summed E-state index contributed by atoms with van der Waals surface area (Å²) in [5.41, 5.74) is 1.05. The van der Waals surface area contributed by atoms with E-state index in [9.17, 15) is 4.39 Å². The monoisotopic (exact) mass is 217 g/mol. The number of imidazole rings is 1. The molecule has 0 saturated carbocycles.